The maximum atomic E-state index is 2.56. The molecule has 1 rings (SSSR count). The van der Waals surface area contributed by atoms with Crippen molar-refractivity contribution >= 4 is 0 Å². The zero-order valence-corrected chi connectivity index (χ0v) is 7.14. The highest BCUT2D eigenvalue weighted by Crippen LogP contribution is 2.12. The molecule has 10 heavy (non-hydrogen) atoms. The molecule has 0 spiro atoms. The van der Waals surface area contributed by atoms with Crippen LogP contribution in [0.3, 0.4) is 0 Å². The summed E-state index contributed by atoms with van der Waals surface area (Å²) >= 11 is 0. The van der Waals surface area contributed by atoms with Crippen molar-refractivity contribution in [3.05, 3.63) is 6.42 Å². The Kier molecular flexibility index (Phi) is 3.20. The van der Waals surface area contributed by atoms with Crippen LogP contribution in [0.15, 0.2) is 0 Å². The second kappa shape index (κ2) is 3.97. The minimum Gasteiger partial charge on any atom is -0.300 e. The van der Waals surface area contributed by atoms with Gasteiger partial charge in [-0.15, -0.1) is 0 Å². The molecule has 59 valence electrons. The van der Waals surface area contributed by atoms with Gasteiger partial charge in [0, 0.05) is 12.6 Å². The van der Waals surface area contributed by atoms with Gasteiger partial charge >= 0.3 is 0 Å². The molecule has 1 heteroatoms. The Hall–Kier alpha value is -0.0400. The molecule has 1 radical (unpaired) electrons. The van der Waals surface area contributed by atoms with Crippen molar-refractivity contribution in [2.24, 2.45) is 0 Å². The lowest BCUT2D eigenvalue weighted by atomic mass is 10.1. The topological polar surface area (TPSA) is 3.24 Å². The molecule has 1 atom stereocenters. The largest absolute Gasteiger partial charge is 0.300 e. The van der Waals surface area contributed by atoms with Gasteiger partial charge < -0.3 is 4.90 Å². The van der Waals surface area contributed by atoms with E-state index in [1.165, 1.54) is 32.4 Å². The number of nitrogens with zero attached hydrogens (tertiary/aromatic N) is 1. The molecule has 1 heterocycles. The van der Waals surface area contributed by atoms with E-state index >= 15 is 0 Å². The summed E-state index contributed by atoms with van der Waals surface area (Å²) in [4.78, 5) is 2.56. The van der Waals surface area contributed by atoms with E-state index in [1.807, 2.05) is 0 Å². The second-order valence-corrected chi connectivity index (χ2v) is 3.18. The molecule has 1 nitrogen and oxygen atoms in total. The van der Waals surface area contributed by atoms with Gasteiger partial charge in [-0.1, -0.05) is 6.92 Å². The Morgan fingerprint density at radius 1 is 1.60 bits per heavy atom. The molecule has 0 aliphatic carbocycles. The summed E-state index contributed by atoms with van der Waals surface area (Å²) in [6.45, 7) is 7.11. The first-order valence-corrected chi connectivity index (χ1v) is 4.40. The van der Waals surface area contributed by atoms with Gasteiger partial charge in [0.15, 0.2) is 0 Å². The zero-order valence-electron chi connectivity index (χ0n) is 7.14. The van der Waals surface area contributed by atoms with Gasteiger partial charge in [-0.05, 0) is 39.2 Å². The van der Waals surface area contributed by atoms with E-state index in [-0.39, 0.29) is 0 Å². The summed E-state index contributed by atoms with van der Waals surface area (Å²) in [6.07, 6.45) is 6.38. The second-order valence-electron chi connectivity index (χ2n) is 3.18. The summed E-state index contributed by atoms with van der Waals surface area (Å²) in [5.74, 6) is 0. The van der Waals surface area contributed by atoms with E-state index in [2.05, 4.69) is 25.2 Å². The Bertz CT molecular complexity index is 84.7. The fourth-order valence-corrected chi connectivity index (χ4v) is 1.45. The first-order valence-electron chi connectivity index (χ1n) is 4.40. The molecule has 1 aliphatic rings. The maximum absolute atomic E-state index is 2.56. The molecule has 1 unspecified atom stereocenters. The molecule has 1 fully saturated rings. The lowest BCUT2D eigenvalue weighted by molar-refractivity contribution is 0.196. The van der Waals surface area contributed by atoms with E-state index in [4.69, 9.17) is 0 Å². The maximum Gasteiger partial charge on any atom is 0.00644 e. The van der Waals surface area contributed by atoms with Gasteiger partial charge in [-0.2, -0.15) is 0 Å². The Morgan fingerprint density at radius 3 is 2.90 bits per heavy atom. The molecule has 1 saturated heterocycles. The van der Waals surface area contributed by atoms with Crippen LogP contribution in [-0.4, -0.2) is 24.0 Å². The molecule has 0 bridgehead atoms. The first-order chi connectivity index (χ1) is 4.84. The number of piperidine rings is 1. The Balaban J connectivity index is 2.24. The predicted molar refractivity (Wildman–Crippen MR) is 44.9 cm³/mol. The number of hydrogen-bond acceptors (Lipinski definition) is 1. The van der Waals surface area contributed by atoms with E-state index in [0.29, 0.717) is 0 Å². The van der Waals surface area contributed by atoms with E-state index in [0.717, 1.165) is 6.04 Å². The van der Waals surface area contributed by atoms with Crippen LogP contribution in [0.4, 0.5) is 0 Å². The summed E-state index contributed by atoms with van der Waals surface area (Å²) < 4.78 is 0. The van der Waals surface area contributed by atoms with Crippen molar-refractivity contribution in [3.8, 4) is 0 Å². The van der Waals surface area contributed by atoms with Crippen LogP contribution in [0.2, 0.25) is 0 Å². The molecule has 1 aliphatic heterocycles. The van der Waals surface area contributed by atoms with Crippen molar-refractivity contribution < 1.29 is 0 Å². The standard InChI is InChI=1S/C9H18N/c1-3-9(2)10-7-5-4-6-8-10/h5,9H,3-4,6-8H2,1-2H3. The average Bonchev–Trinajstić information content (AvgIpc) is 2.05. The van der Waals surface area contributed by atoms with E-state index in [1.54, 1.807) is 0 Å². The fraction of sp³-hybridized carbons (Fsp3) is 0.889. The van der Waals surface area contributed by atoms with Crippen molar-refractivity contribution in [3.63, 3.8) is 0 Å². The van der Waals surface area contributed by atoms with Crippen LogP contribution in [-0.2, 0) is 0 Å². The van der Waals surface area contributed by atoms with Crippen LogP contribution in [0.5, 0.6) is 0 Å². The summed E-state index contributed by atoms with van der Waals surface area (Å²) in [7, 11) is 0. The van der Waals surface area contributed by atoms with Crippen molar-refractivity contribution in [1.29, 1.82) is 0 Å². The molecular formula is C9H18N. The quantitative estimate of drug-likeness (QED) is 0.567. The first kappa shape index (κ1) is 8.06. The van der Waals surface area contributed by atoms with E-state index < -0.39 is 0 Å². The predicted octanol–water partition coefficient (Wildman–Crippen LogP) is 2.08. The van der Waals surface area contributed by atoms with Crippen molar-refractivity contribution in [1.82, 2.24) is 4.90 Å². The van der Waals surface area contributed by atoms with Crippen LogP contribution in [0, 0.1) is 6.42 Å². The van der Waals surface area contributed by atoms with Crippen LogP contribution in [0.1, 0.15) is 33.1 Å². The van der Waals surface area contributed by atoms with Gasteiger partial charge in [-0.25, -0.2) is 0 Å². The highest BCUT2D eigenvalue weighted by molar-refractivity contribution is 4.80. The van der Waals surface area contributed by atoms with Crippen molar-refractivity contribution in [2.45, 2.75) is 39.2 Å². The molecular weight excluding hydrogens is 122 g/mol. The third-order valence-corrected chi connectivity index (χ3v) is 2.43. The number of likely N-dealkylation sites (tertiary alicyclic amines) is 1. The lowest BCUT2D eigenvalue weighted by Gasteiger charge is -2.31. The normalized spacial score (nSPS) is 24.6. The summed E-state index contributed by atoms with van der Waals surface area (Å²) in [5, 5.41) is 0. The zero-order chi connectivity index (χ0) is 7.40. The lowest BCUT2D eigenvalue weighted by Crippen LogP contribution is -2.37. The minimum atomic E-state index is 0.788. The van der Waals surface area contributed by atoms with Gasteiger partial charge in [0.2, 0.25) is 0 Å². The summed E-state index contributed by atoms with van der Waals surface area (Å²) in [5.41, 5.74) is 0. The smallest absolute Gasteiger partial charge is 0.00644 e. The number of hydrogen-bond donors (Lipinski definition) is 0. The third-order valence-electron chi connectivity index (χ3n) is 2.43. The van der Waals surface area contributed by atoms with Gasteiger partial charge in [-0.3, -0.25) is 0 Å². The van der Waals surface area contributed by atoms with Crippen LogP contribution < -0.4 is 0 Å². The van der Waals surface area contributed by atoms with Gasteiger partial charge in [0.05, 0.1) is 0 Å². The monoisotopic (exact) mass is 140 g/mol. The molecule has 0 aromatic heterocycles. The van der Waals surface area contributed by atoms with Crippen LogP contribution in [0.25, 0.3) is 0 Å². The highest BCUT2D eigenvalue weighted by Gasteiger charge is 2.14. The summed E-state index contributed by atoms with van der Waals surface area (Å²) in [6, 6.07) is 0.788. The average molecular weight is 140 g/mol. The Morgan fingerprint density at radius 2 is 2.40 bits per heavy atom. The van der Waals surface area contributed by atoms with E-state index in [9.17, 15) is 0 Å². The van der Waals surface area contributed by atoms with Gasteiger partial charge in [0.1, 0.15) is 0 Å². The van der Waals surface area contributed by atoms with Crippen LogP contribution >= 0.6 is 0 Å². The van der Waals surface area contributed by atoms with Gasteiger partial charge in [0.25, 0.3) is 0 Å². The Labute approximate surface area is 64.4 Å². The third kappa shape index (κ3) is 1.98. The molecule has 0 N–H and O–H groups in total. The fourth-order valence-electron chi connectivity index (χ4n) is 1.45. The minimum absolute atomic E-state index is 0.788. The number of rotatable bonds is 2. The SMILES string of the molecule is CCC(C)N1C[CH]CCC1. The molecule has 0 saturated carbocycles. The van der Waals surface area contributed by atoms with Crippen molar-refractivity contribution in [2.75, 3.05) is 13.1 Å². The molecule has 0 amide bonds. The molecule has 0 aromatic carbocycles. The highest BCUT2D eigenvalue weighted by atomic mass is 15.1. The molecule has 0 aromatic rings.